The van der Waals surface area contributed by atoms with E-state index in [1.807, 2.05) is 24.4 Å². The Morgan fingerprint density at radius 2 is 1.93 bits per heavy atom. The summed E-state index contributed by atoms with van der Waals surface area (Å²) < 4.78 is 6.31. The highest BCUT2D eigenvalue weighted by Crippen LogP contribution is 2.56. The van der Waals surface area contributed by atoms with Crippen molar-refractivity contribution < 1.29 is 19.7 Å². The lowest BCUT2D eigenvalue weighted by atomic mass is 9.59. The fourth-order valence-corrected chi connectivity index (χ4v) is 7.77. The summed E-state index contributed by atoms with van der Waals surface area (Å²) in [7, 11) is 0. The van der Waals surface area contributed by atoms with Crippen LogP contribution in [0.25, 0.3) is 0 Å². The van der Waals surface area contributed by atoms with Crippen LogP contribution in [0.4, 0.5) is 5.69 Å². The van der Waals surface area contributed by atoms with E-state index in [1.165, 1.54) is 16.7 Å². The summed E-state index contributed by atoms with van der Waals surface area (Å²) in [5.41, 5.74) is 4.63. The van der Waals surface area contributed by atoms with Crippen molar-refractivity contribution in [3.05, 3.63) is 88.2 Å². The van der Waals surface area contributed by atoms with Crippen molar-refractivity contribution in [3.63, 3.8) is 0 Å². The second-order valence-electron chi connectivity index (χ2n) is 11.9. The number of nitrogens with zero attached hydrogens (tertiary/aromatic N) is 1. The van der Waals surface area contributed by atoms with E-state index in [-0.39, 0.29) is 17.9 Å². The third kappa shape index (κ3) is 4.97. The number of rotatable bonds is 9. The molecule has 2 aromatic carbocycles. The van der Waals surface area contributed by atoms with Crippen LogP contribution in [0.5, 0.6) is 5.75 Å². The minimum atomic E-state index is -1.04. The number of nitrogens with one attached hydrogen (secondary N) is 1. The van der Waals surface area contributed by atoms with E-state index >= 15 is 0 Å². The van der Waals surface area contributed by atoms with Crippen LogP contribution in [0.2, 0.25) is 5.02 Å². The minimum Gasteiger partial charge on any atom is -0.493 e. The lowest BCUT2D eigenvalue weighted by Crippen LogP contribution is -2.53. The zero-order valence-corrected chi connectivity index (χ0v) is 23.5. The predicted molar refractivity (Wildman–Crippen MR) is 156 cm³/mol. The van der Waals surface area contributed by atoms with E-state index in [4.69, 9.17) is 16.3 Å². The first kappa shape index (κ1) is 27.1. The number of aliphatic hydroxyl groups excluding tert-OH is 1. The van der Waals surface area contributed by atoms with Gasteiger partial charge in [0, 0.05) is 40.7 Å². The molecule has 1 spiro atoms. The molecular formula is C33H37ClN2O4. The maximum atomic E-state index is 12.7. The number of aryl methyl sites for hydroxylation is 1. The molecule has 3 aliphatic rings. The average molecular weight is 561 g/mol. The molecule has 6 nitrogen and oxygen atoms in total. The summed E-state index contributed by atoms with van der Waals surface area (Å²) in [4.78, 5) is 17.2. The Morgan fingerprint density at radius 1 is 1.10 bits per heavy atom. The summed E-state index contributed by atoms with van der Waals surface area (Å²) in [6, 6.07) is 17.9. The number of ether oxygens (including phenoxy) is 1. The summed E-state index contributed by atoms with van der Waals surface area (Å²) >= 11 is 6.19. The molecule has 7 heteroatoms. The van der Waals surface area contributed by atoms with Crippen LogP contribution in [0.15, 0.2) is 60.8 Å². The number of hydrogen-bond donors (Lipinski definition) is 3. The quantitative estimate of drug-likeness (QED) is 0.288. The van der Waals surface area contributed by atoms with Gasteiger partial charge in [0.2, 0.25) is 0 Å². The van der Waals surface area contributed by atoms with Gasteiger partial charge in [-0.3, -0.25) is 4.98 Å². The fourth-order valence-electron chi connectivity index (χ4n) is 7.58. The second kappa shape index (κ2) is 11.1. The zero-order valence-electron chi connectivity index (χ0n) is 22.7. The molecule has 1 saturated carbocycles. The van der Waals surface area contributed by atoms with E-state index in [2.05, 4.69) is 34.6 Å². The molecule has 2 unspecified atom stereocenters. The van der Waals surface area contributed by atoms with Gasteiger partial charge in [-0.1, -0.05) is 41.9 Å². The van der Waals surface area contributed by atoms with Crippen molar-refractivity contribution in [2.75, 3.05) is 18.5 Å². The monoisotopic (exact) mass is 560 g/mol. The molecule has 6 rings (SSSR count). The summed E-state index contributed by atoms with van der Waals surface area (Å²) in [5.74, 6) is 0.391. The number of pyridine rings is 1. The molecular weight excluding hydrogens is 524 g/mol. The molecule has 0 bridgehead atoms. The van der Waals surface area contributed by atoms with E-state index in [0.717, 1.165) is 62.1 Å². The van der Waals surface area contributed by atoms with Gasteiger partial charge in [0.1, 0.15) is 11.3 Å². The van der Waals surface area contributed by atoms with E-state index in [9.17, 15) is 15.0 Å². The Bertz CT molecular complexity index is 1380. The van der Waals surface area contributed by atoms with Crippen molar-refractivity contribution in [1.29, 1.82) is 0 Å². The largest absolute Gasteiger partial charge is 0.493 e. The number of carbonyl (C=O) groups is 1. The van der Waals surface area contributed by atoms with Crippen molar-refractivity contribution in [1.82, 2.24) is 4.98 Å². The van der Waals surface area contributed by atoms with E-state index in [1.54, 1.807) is 12.1 Å². The van der Waals surface area contributed by atoms with Crippen LogP contribution in [-0.2, 0) is 29.5 Å². The highest BCUT2D eigenvalue weighted by molar-refractivity contribution is 6.30. The molecule has 3 aromatic rings. The number of benzene rings is 2. The molecule has 1 heterocycles. The Balaban J connectivity index is 1.21. The zero-order chi connectivity index (χ0) is 27.7. The van der Waals surface area contributed by atoms with E-state index in [0.29, 0.717) is 30.4 Å². The van der Waals surface area contributed by atoms with Gasteiger partial charge in [-0.05, 0) is 105 Å². The third-order valence-corrected chi connectivity index (χ3v) is 9.94. The smallest absolute Gasteiger partial charge is 0.329 e. The van der Waals surface area contributed by atoms with Gasteiger partial charge in [-0.2, -0.15) is 0 Å². The molecule has 0 amide bonds. The number of aliphatic hydroxyl groups is 1. The first-order valence-electron chi connectivity index (χ1n) is 14.5. The molecule has 0 saturated heterocycles. The van der Waals surface area contributed by atoms with Gasteiger partial charge in [-0.15, -0.1) is 0 Å². The Labute approximate surface area is 240 Å². The van der Waals surface area contributed by atoms with Crippen LogP contribution >= 0.6 is 11.6 Å². The maximum absolute atomic E-state index is 12.7. The lowest BCUT2D eigenvalue weighted by Gasteiger charge is -2.47. The summed E-state index contributed by atoms with van der Waals surface area (Å²) in [6.07, 6.45) is 9.28. The predicted octanol–water partition coefficient (Wildman–Crippen LogP) is 6.22. The van der Waals surface area contributed by atoms with Gasteiger partial charge in [0.15, 0.2) is 0 Å². The van der Waals surface area contributed by atoms with Crippen LogP contribution in [0.1, 0.15) is 60.9 Å². The summed E-state index contributed by atoms with van der Waals surface area (Å²) in [5, 5.41) is 24.7. The van der Waals surface area contributed by atoms with Crippen molar-refractivity contribution in [2.45, 2.75) is 68.7 Å². The second-order valence-corrected chi connectivity index (χ2v) is 12.4. The molecule has 1 fully saturated rings. The topological polar surface area (TPSA) is 91.7 Å². The van der Waals surface area contributed by atoms with Crippen molar-refractivity contribution >= 4 is 23.3 Å². The number of anilines is 1. The normalized spacial score (nSPS) is 25.8. The molecule has 2 atom stereocenters. The number of hydrogen-bond acceptors (Lipinski definition) is 5. The lowest BCUT2D eigenvalue weighted by molar-refractivity contribution is -0.144. The minimum absolute atomic E-state index is 0.00264. The first-order chi connectivity index (χ1) is 19.4. The molecule has 210 valence electrons. The Morgan fingerprint density at radius 3 is 2.70 bits per heavy atom. The highest BCUT2D eigenvalue weighted by Gasteiger charge is 2.54. The molecule has 40 heavy (non-hydrogen) atoms. The van der Waals surface area contributed by atoms with E-state index < -0.39 is 11.5 Å². The Kier molecular flexibility index (Phi) is 7.49. The van der Waals surface area contributed by atoms with Crippen molar-refractivity contribution in [2.24, 2.45) is 11.8 Å². The third-order valence-electron chi connectivity index (χ3n) is 9.71. The number of carboxylic acid groups (broad SMARTS) is 1. The van der Waals surface area contributed by atoms with Gasteiger partial charge in [0.25, 0.3) is 0 Å². The fraction of sp³-hybridized carbons (Fsp3) is 0.455. The van der Waals surface area contributed by atoms with Gasteiger partial charge < -0.3 is 20.3 Å². The number of aliphatic carboxylic acids is 1. The van der Waals surface area contributed by atoms with Crippen LogP contribution in [0.3, 0.4) is 0 Å². The van der Waals surface area contributed by atoms with Gasteiger partial charge >= 0.3 is 5.97 Å². The Hall–Kier alpha value is -3.09. The number of carboxylic acids is 1. The molecule has 3 aliphatic carbocycles. The molecule has 0 aliphatic heterocycles. The number of aromatic nitrogens is 1. The van der Waals surface area contributed by atoms with Gasteiger partial charge in [-0.25, -0.2) is 4.79 Å². The van der Waals surface area contributed by atoms with Crippen LogP contribution in [0, 0.1) is 11.8 Å². The van der Waals surface area contributed by atoms with Crippen LogP contribution < -0.4 is 10.1 Å². The number of fused-ring (bicyclic) bond motifs is 3. The SMILES string of the molecule is O=C(O)C1(Nc2cccc(Cl)c2)CCC2(CC1)c1ccccc1CC2CC(CO)COc1ccnc2c1CCC2. The number of halogens is 1. The standard InChI is InChI=1S/C33H37ClN2O4/c34-25-6-3-7-26(19-25)36-33(31(38)39)14-12-32(13-15-33)24(18-23-5-1-2-9-28(23)32)17-22(20-37)21-40-30-11-16-35-29-10-4-8-27(29)30/h1-3,5-7,9,11,16,19,22,24,36-37H,4,8,10,12-15,17-18,20-21H2,(H,38,39). The average Bonchev–Trinajstić information content (AvgIpc) is 3.56. The summed E-state index contributed by atoms with van der Waals surface area (Å²) in [6.45, 7) is 0.525. The maximum Gasteiger partial charge on any atom is 0.329 e. The van der Waals surface area contributed by atoms with Crippen molar-refractivity contribution in [3.8, 4) is 5.75 Å². The molecule has 1 aromatic heterocycles. The molecule has 0 radical (unpaired) electrons. The van der Waals surface area contributed by atoms with Crippen LogP contribution in [-0.4, -0.2) is 39.9 Å². The highest BCUT2D eigenvalue weighted by atomic mass is 35.5. The first-order valence-corrected chi connectivity index (χ1v) is 14.9. The van der Waals surface area contributed by atoms with Gasteiger partial charge in [0.05, 0.1) is 6.61 Å². The molecule has 3 N–H and O–H groups in total.